The second-order valence-corrected chi connectivity index (χ2v) is 5.52. The van der Waals surface area contributed by atoms with Gasteiger partial charge < -0.3 is 19.9 Å². The van der Waals surface area contributed by atoms with Gasteiger partial charge in [0.15, 0.2) is 5.96 Å². The molecule has 0 saturated carbocycles. The Morgan fingerprint density at radius 3 is 2.91 bits per heavy atom. The van der Waals surface area contributed by atoms with Crippen LogP contribution in [0.3, 0.4) is 0 Å². The molecule has 2 rings (SSSR count). The van der Waals surface area contributed by atoms with Gasteiger partial charge in [0.25, 0.3) is 0 Å². The molecule has 0 saturated heterocycles. The molecule has 7 nitrogen and oxygen atoms in total. The fourth-order valence-electron chi connectivity index (χ4n) is 2.67. The van der Waals surface area contributed by atoms with E-state index in [0.717, 1.165) is 63.1 Å². The van der Waals surface area contributed by atoms with Crippen molar-refractivity contribution in [1.82, 2.24) is 25.4 Å². The van der Waals surface area contributed by atoms with E-state index in [2.05, 4.69) is 30.4 Å². The van der Waals surface area contributed by atoms with E-state index < -0.39 is 0 Å². The molecule has 0 radical (unpaired) electrons. The average molecular weight is 308 g/mol. The number of rotatable bonds is 7. The second kappa shape index (κ2) is 9.40. The standard InChI is InChI=1S/C15H28N6O/c1-16-15(17-9-6-12-22-2)18-10-8-14-20-19-13-7-4-3-5-11-21(13)14/h3-12H2,1-2H3,(H2,16,17,18). The minimum Gasteiger partial charge on any atom is -0.385 e. The molecule has 0 atom stereocenters. The van der Waals surface area contributed by atoms with E-state index in [4.69, 9.17) is 4.74 Å². The number of ether oxygens (including phenoxy) is 1. The number of hydrogen-bond donors (Lipinski definition) is 2. The number of guanidine groups is 1. The largest absolute Gasteiger partial charge is 0.385 e. The lowest BCUT2D eigenvalue weighted by molar-refractivity contribution is 0.195. The van der Waals surface area contributed by atoms with Gasteiger partial charge in [0.2, 0.25) is 0 Å². The van der Waals surface area contributed by atoms with Crippen molar-refractivity contribution in [2.24, 2.45) is 4.99 Å². The maximum Gasteiger partial charge on any atom is 0.190 e. The molecule has 1 aliphatic heterocycles. The highest BCUT2D eigenvalue weighted by Gasteiger charge is 2.14. The van der Waals surface area contributed by atoms with Crippen LogP contribution in [0.25, 0.3) is 0 Å². The fraction of sp³-hybridized carbons (Fsp3) is 0.800. The van der Waals surface area contributed by atoms with Crippen molar-refractivity contribution in [1.29, 1.82) is 0 Å². The molecule has 0 bridgehead atoms. The minimum absolute atomic E-state index is 0.760. The molecule has 0 aliphatic carbocycles. The average Bonchev–Trinajstić information content (AvgIpc) is 2.77. The molecular weight excluding hydrogens is 280 g/mol. The zero-order chi connectivity index (χ0) is 15.6. The number of methoxy groups -OCH3 is 1. The Morgan fingerprint density at radius 1 is 1.23 bits per heavy atom. The summed E-state index contributed by atoms with van der Waals surface area (Å²) in [6, 6.07) is 0. The second-order valence-electron chi connectivity index (χ2n) is 5.52. The summed E-state index contributed by atoms with van der Waals surface area (Å²) in [6.07, 6.45) is 6.64. The van der Waals surface area contributed by atoms with Gasteiger partial charge in [-0.3, -0.25) is 4.99 Å². The summed E-state index contributed by atoms with van der Waals surface area (Å²) in [5, 5.41) is 15.3. The van der Waals surface area contributed by atoms with Crippen molar-refractivity contribution in [3.8, 4) is 0 Å². The van der Waals surface area contributed by atoms with Crippen LogP contribution in [0.2, 0.25) is 0 Å². The first kappa shape index (κ1) is 16.7. The smallest absolute Gasteiger partial charge is 0.190 e. The molecule has 1 aromatic rings. The van der Waals surface area contributed by atoms with Crippen LogP contribution in [0.1, 0.15) is 37.3 Å². The van der Waals surface area contributed by atoms with E-state index in [1.807, 2.05) is 0 Å². The van der Waals surface area contributed by atoms with Gasteiger partial charge in [-0.1, -0.05) is 6.42 Å². The Bertz CT molecular complexity index is 471. The lowest BCUT2D eigenvalue weighted by Gasteiger charge is -2.12. The van der Waals surface area contributed by atoms with Crippen molar-refractivity contribution < 1.29 is 4.74 Å². The summed E-state index contributed by atoms with van der Waals surface area (Å²) >= 11 is 0. The number of fused-ring (bicyclic) bond motifs is 1. The third-order valence-electron chi connectivity index (χ3n) is 3.87. The molecule has 2 heterocycles. The SMILES string of the molecule is CN=C(NCCCOC)NCCc1nnc2n1CCCCC2. The highest BCUT2D eigenvalue weighted by atomic mass is 16.5. The fourth-order valence-corrected chi connectivity index (χ4v) is 2.67. The van der Waals surface area contributed by atoms with E-state index in [1.54, 1.807) is 14.2 Å². The predicted octanol–water partition coefficient (Wildman–Crippen LogP) is 0.748. The predicted molar refractivity (Wildman–Crippen MR) is 87.1 cm³/mol. The lowest BCUT2D eigenvalue weighted by atomic mass is 10.2. The van der Waals surface area contributed by atoms with Gasteiger partial charge in [-0.25, -0.2) is 0 Å². The van der Waals surface area contributed by atoms with Crippen molar-refractivity contribution in [2.45, 2.75) is 45.1 Å². The van der Waals surface area contributed by atoms with Crippen LogP contribution in [0.5, 0.6) is 0 Å². The molecule has 124 valence electrons. The first-order valence-electron chi connectivity index (χ1n) is 8.19. The van der Waals surface area contributed by atoms with Crippen LogP contribution in [0.4, 0.5) is 0 Å². The van der Waals surface area contributed by atoms with E-state index in [1.165, 1.54) is 19.3 Å². The van der Waals surface area contributed by atoms with Crippen LogP contribution < -0.4 is 10.6 Å². The third kappa shape index (κ3) is 4.98. The van der Waals surface area contributed by atoms with E-state index in [0.29, 0.717) is 0 Å². The maximum atomic E-state index is 5.03. The van der Waals surface area contributed by atoms with Gasteiger partial charge in [-0.05, 0) is 19.3 Å². The highest BCUT2D eigenvalue weighted by molar-refractivity contribution is 5.79. The van der Waals surface area contributed by atoms with Crippen LogP contribution in [-0.2, 0) is 24.1 Å². The molecule has 0 aromatic carbocycles. The van der Waals surface area contributed by atoms with E-state index in [-0.39, 0.29) is 0 Å². The number of aliphatic imine (C=N–C) groups is 1. The van der Waals surface area contributed by atoms with Crippen molar-refractivity contribution in [3.05, 3.63) is 11.6 Å². The Hall–Kier alpha value is -1.63. The number of aromatic nitrogens is 3. The van der Waals surface area contributed by atoms with Crippen LogP contribution in [0.15, 0.2) is 4.99 Å². The molecule has 22 heavy (non-hydrogen) atoms. The number of aryl methyl sites for hydroxylation is 1. The molecule has 7 heteroatoms. The summed E-state index contributed by atoms with van der Waals surface area (Å²) in [4.78, 5) is 4.22. The summed E-state index contributed by atoms with van der Waals surface area (Å²) in [5.74, 6) is 3.06. The van der Waals surface area contributed by atoms with Gasteiger partial charge in [-0.15, -0.1) is 10.2 Å². The summed E-state index contributed by atoms with van der Waals surface area (Å²) in [6.45, 7) is 3.48. The van der Waals surface area contributed by atoms with E-state index >= 15 is 0 Å². The van der Waals surface area contributed by atoms with Gasteiger partial charge in [0.05, 0.1) is 0 Å². The molecule has 0 fully saturated rings. The van der Waals surface area contributed by atoms with Gasteiger partial charge in [0.1, 0.15) is 11.6 Å². The normalized spacial score (nSPS) is 15.3. The Kier molecular flexibility index (Phi) is 7.15. The molecule has 0 spiro atoms. The van der Waals surface area contributed by atoms with Crippen LogP contribution >= 0.6 is 0 Å². The number of hydrogen-bond acceptors (Lipinski definition) is 4. The lowest BCUT2D eigenvalue weighted by Crippen LogP contribution is -2.39. The summed E-state index contributed by atoms with van der Waals surface area (Å²) in [7, 11) is 3.50. The van der Waals surface area contributed by atoms with Crippen LogP contribution in [0, 0.1) is 0 Å². The molecule has 0 unspecified atom stereocenters. The third-order valence-corrected chi connectivity index (χ3v) is 3.87. The summed E-state index contributed by atoms with van der Waals surface area (Å²) in [5.41, 5.74) is 0. The Balaban J connectivity index is 1.74. The number of nitrogens with zero attached hydrogens (tertiary/aromatic N) is 4. The topological polar surface area (TPSA) is 76.4 Å². The molecule has 1 aliphatic rings. The Labute approximate surface area is 132 Å². The van der Waals surface area contributed by atoms with Gasteiger partial charge in [0, 0.05) is 53.2 Å². The number of nitrogens with one attached hydrogen (secondary N) is 2. The quantitative estimate of drug-likeness (QED) is 0.441. The first-order chi connectivity index (χ1) is 10.8. The molecule has 2 N–H and O–H groups in total. The maximum absolute atomic E-state index is 5.03. The van der Waals surface area contributed by atoms with Crippen molar-refractivity contribution in [2.75, 3.05) is 33.9 Å². The van der Waals surface area contributed by atoms with Crippen molar-refractivity contribution >= 4 is 5.96 Å². The first-order valence-corrected chi connectivity index (χ1v) is 8.19. The van der Waals surface area contributed by atoms with E-state index in [9.17, 15) is 0 Å². The summed E-state index contributed by atoms with van der Waals surface area (Å²) < 4.78 is 7.33. The highest BCUT2D eigenvalue weighted by Crippen LogP contribution is 2.14. The van der Waals surface area contributed by atoms with Gasteiger partial charge in [-0.2, -0.15) is 0 Å². The molecule has 0 amide bonds. The molecule has 1 aromatic heterocycles. The zero-order valence-electron chi connectivity index (χ0n) is 13.8. The monoisotopic (exact) mass is 308 g/mol. The Morgan fingerprint density at radius 2 is 2.09 bits per heavy atom. The van der Waals surface area contributed by atoms with Crippen LogP contribution in [-0.4, -0.2) is 54.6 Å². The minimum atomic E-state index is 0.760. The zero-order valence-corrected chi connectivity index (χ0v) is 13.8. The molecular formula is C15H28N6O. The van der Waals surface area contributed by atoms with Crippen molar-refractivity contribution in [3.63, 3.8) is 0 Å². The van der Waals surface area contributed by atoms with Gasteiger partial charge >= 0.3 is 0 Å².